The van der Waals surface area contributed by atoms with E-state index < -0.39 is 23.8 Å². The topological polar surface area (TPSA) is 147 Å². The van der Waals surface area contributed by atoms with Gasteiger partial charge in [0.15, 0.2) is 0 Å². The Labute approximate surface area is 250 Å². The Bertz CT molecular complexity index is 1450. The molecule has 12 heteroatoms. The van der Waals surface area contributed by atoms with Crippen molar-refractivity contribution in [3.8, 4) is 11.8 Å². The van der Waals surface area contributed by atoms with E-state index in [9.17, 15) is 19.6 Å². The Morgan fingerprint density at radius 3 is 2.26 bits per heavy atom. The van der Waals surface area contributed by atoms with Gasteiger partial charge in [0.1, 0.15) is 17.3 Å². The highest BCUT2D eigenvalue weighted by molar-refractivity contribution is 6.34. The lowest BCUT2D eigenvalue weighted by Crippen LogP contribution is -2.41. The molecule has 222 valence electrons. The molecule has 0 saturated heterocycles. The van der Waals surface area contributed by atoms with Crippen molar-refractivity contribution in [2.45, 2.75) is 19.8 Å². The first-order chi connectivity index (χ1) is 20.2. The lowest BCUT2D eigenvalue weighted by Gasteiger charge is -2.36. The number of benzene rings is 2. The molecule has 0 spiro atoms. The van der Waals surface area contributed by atoms with Crippen LogP contribution in [0.2, 0.25) is 5.02 Å². The van der Waals surface area contributed by atoms with Crippen molar-refractivity contribution in [3.05, 3.63) is 81.3 Å². The number of likely N-dealkylation sites (N-methyl/N-ethyl adjacent to an activating group) is 1. The number of halogens is 1. The average Bonchev–Trinajstić information content (AvgIpc) is 3.02. The Morgan fingerprint density at radius 2 is 1.71 bits per heavy atom. The summed E-state index contributed by atoms with van der Waals surface area (Å²) in [5, 5.41) is 13.1. The first-order valence-corrected chi connectivity index (χ1v) is 13.6. The molecule has 2 aromatic carbocycles. The monoisotopic (exact) mass is 595 g/mol. The second-order valence-electron chi connectivity index (χ2n) is 9.12. The zero-order valence-corrected chi connectivity index (χ0v) is 24.9. The molecule has 0 bridgehead atoms. The molecular formula is C30H34ClN5O6. The first kappa shape index (κ1) is 32.0. The first-order valence-electron chi connectivity index (χ1n) is 13.2. The zero-order chi connectivity index (χ0) is 31.0. The predicted octanol–water partition coefficient (Wildman–Crippen LogP) is 3.32. The maximum absolute atomic E-state index is 13.3. The quantitative estimate of drug-likeness (QED) is 0.371. The molecule has 3 N–H and O–H groups in total. The number of nitriles is 1. The molecule has 0 aromatic heterocycles. The van der Waals surface area contributed by atoms with Gasteiger partial charge in [0.2, 0.25) is 0 Å². The van der Waals surface area contributed by atoms with Crippen LogP contribution >= 0.6 is 11.6 Å². The van der Waals surface area contributed by atoms with Crippen LogP contribution in [0.25, 0.3) is 0 Å². The van der Waals surface area contributed by atoms with E-state index in [0.29, 0.717) is 18.7 Å². The van der Waals surface area contributed by atoms with Crippen molar-refractivity contribution >= 4 is 35.1 Å². The highest BCUT2D eigenvalue weighted by Crippen LogP contribution is 2.45. The number of rotatable bonds is 11. The van der Waals surface area contributed by atoms with Gasteiger partial charge in [0.25, 0.3) is 5.91 Å². The highest BCUT2D eigenvalue weighted by atomic mass is 35.5. The number of methoxy groups -OCH3 is 3. The normalized spacial score (nSPS) is 14.9. The highest BCUT2D eigenvalue weighted by Gasteiger charge is 2.43. The molecule has 0 fully saturated rings. The molecule has 1 aliphatic heterocycles. The molecule has 1 unspecified atom stereocenters. The standard InChI is InChI=1S/C30H34ClN5O6/c1-6-35(7-2)14-13-34-28(37)19-15-21(31)22(16-23(19)40-3)36-26(30(39)42-5)25(29(38)41-4)24(20(17-32)27(36)33)18-11-9-8-10-12-18/h8-12,15-16,24H,6-7,13-14,33H2,1-5H3,(H,34,37). The summed E-state index contributed by atoms with van der Waals surface area (Å²) < 4.78 is 15.6. The summed E-state index contributed by atoms with van der Waals surface area (Å²) in [7, 11) is 3.68. The van der Waals surface area contributed by atoms with Gasteiger partial charge >= 0.3 is 11.9 Å². The molecule has 0 saturated carbocycles. The molecule has 1 heterocycles. The van der Waals surface area contributed by atoms with Gasteiger partial charge in [0.05, 0.1) is 60.7 Å². The summed E-state index contributed by atoms with van der Waals surface area (Å²) in [6.45, 7) is 6.83. The van der Waals surface area contributed by atoms with E-state index in [-0.39, 0.29) is 44.7 Å². The third-order valence-electron chi connectivity index (χ3n) is 6.97. The number of amides is 1. The van der Waals surface area contributed by atoms with Gasteiger partial charge in [-0.1, -0.05) is 55.8 Å². The minimum absolute atomic E-state index is 0.00582. The fourth-order valence-electron chi connectivity index (χ4n) is 4.79. The molecule has 0 radical (unpaired) electrons. The molecule has 1 atom stereocenters. The number of hydrogen-bond donors (Lipinski definition) is 2. The van der Waals surface area contributed by atoms with Gasteiger partial charge in [0, 0.05) is 19.2 Å². The Kier molecular flexibility index (Phi) is 11.0. The molecule has 11 nitrogen and oxygen atoms in total. The molecule has 0 aliphatic carbocycles. The number of anilines is 1. The van der Waals surface area contributed by atoms with Crippen LogP contribution in [-0.2, 0) is 19.1 Å². The van der Waals surface area contributed by atoms with Crippen molar-refractivity contribution in [2.24, 2.45) is 5.73 Å². The van der Waals surface area contributed by atoms with Crippen LogP contribution in [0.4, 0.5) is 5.69 Å². The van der Waals surface area contributed by atoms with Gasteiger partial charge in [-0.25, -0.2) is 9.59 Å². The van der Waals surface area contributed by atoms with Crippen molar-refractivity contribution in [1.29, 1.82) is 5.26 Å². The molecular weight excluding hydrogens is 562 g/mol. The van der Waals surface area contributed by atoms with Gasteiger partial charge < -0.3 is 30.2 Å². The molecule has 1 amide bonds. The average molecular weight is 596 g/mol. The molecule has 42 heavy (non-hydrogen) atoms. The summed E-state index contributed by atoms with van der Waals surface area (Å²) >= 11 is 6.71. The van der Waals surface area contributed by atoms with E-state index in [1.54, 1.807) is 30.3 Å². The Hall–Kier alpha value is -4.53. The zero-order valence-electron chi connectivity index (χ0n) is 24.2. The second kappa shape index (κ2) is 14.4. The van der Waals surface area contributed by atoms with Crippen LogP contribution in [-0.4, -0.2) is 70.3 Å². The molecule has 3 rings (SSSR count). The third kappa shape index (κ3) is 6.35. The van der Waals surface area contributed by atoms with Crippen LogP contribution in [0, 0.1) is 11.3 Å². The van der Waals surface area contributed by atoms with E-state index in [1.165, 1.54) is 19.2 Å². The van der Waals surface area contributed by atoms with Gasteiger partial charge in [-0.05, 0) is 24.7 Å². The third-order valence-corrected chi connectivity index (χ3v) is 7.28. The summed E-state index contributed by atoms with van der Waals surface area (Å²) in [6.07, 6.45) is 0. The maximum Gasteiger partial charge on any atom is 0.355 e. The number of nitrogens with one attached hydrogen (secondary N) is 1. The molecule has 1 aliphatic rings. The number of carbonyl (C=O) groups excluding carboxylic acids is 3. The lowest BCUT2D eigenvalue weighted by atomic mass is 9.81. The van der Waals surface area contributed by atoms with Crippen LogP contribution in [0.3, 0.4) is 0 Å². The van der Waals surface area contributed by atoms with Gasteiger partial charge in [-0.2, -0.15) is 5.26 Å². The number of esters is 2. The van der Waals surface area contributed by atoms with E-state index in [2.05, 4.69) is 16.3 Å². The SMILES string of the molecule is CCN(CC)CCNC(=O)c1cc(Cl)c(N2C(N)=C(C#N)C(c3ccccc3)C(C(=O)OC)=C2C(=O)OC)cc1OC. The van der Waals surface area contributed by atoms with Crippen molar-refractivity contribution in [3.63, 3.8) is 0 Å². The summed E-state index contributed by atoms with van der Waals surface area (Å²) in [5.74, 6) is -3.30. The van der Waals surface area contributed by atoms with Crippen LogP contribution in [0.15, 0.2) is 65.1 Å². The van der Waals surface area contributed by atoms with E-state index in [0.717, 1.165) is 32.2 Å². The number of nitrogens with two attached hydrogens (primary N) is 1. The van der Waals surface area contributed by atoms with Crippen molar-refractivity contribution in [2.75, 3.05) is 52.4 Å². The number of allylic oxidation sites excluding steroid dienone is 1. The summed E-state index contributed by atoms with van der Waals surface area (Å²) in [5.41, 5.74) is 6.82. The fourth-order valence-corrected chi connectivity index (χ4v) is 5.03. The van der Waals surface area contributed by atoms with Gasteiger partial charge in [-0.15, -0.1) is 0 Å². The maximum atomic E-state index is 13.3. The Morgan fingerprint density at radius 1 is 1.07 bits per heavy atom. The van der Waals surface area contributed by atoms with Gasteiger partial charge in [-0.3, -0.25) is 9.69 Å². The second-order valence-corrected chi connectivity index (χ2v) is 9.53. The summed E-state index contributed by atoms with van der Waals surface area (Å²) in [6, 6.07) is 13.5. The van der Waals surface area contributed by atoms with Crippen molar-refractivity contribution in [1.82, 2.24) is 10.2 Å². The van der Waals surface area contributed by atoms with Crippen LogP contribution < -0.4 is 20.7 Å². The lowest BCUT2D eigenvalue weighted by molar-refractivity contribution is -0.139. The smallest absolute Gasteiger partial charge is 0.355 e. The van der Waals surface area contributed by atoms with Crippen LogP contribution in [0.5, 0.6) is 5.75 Å². The number of ether oxygens (including phenoxy) is 3. The van der Waals surface area contributed by atoms with Crippen LogP contribution in [0.1, 0.15) is 35.7 Å². The number of hydrogen-bond acceptors (Lipinski definition) is 10. The Balaban J connectivity index is 2.22. The van der Waals surface area contributed by atoms with E-state index in [4.69, 9.17) is 31.5 Å². The minimum atomic E-state index is -1.04. The largest absolute Gasteiger partial charge is 0.496 e. The van der Waals surface area contributed by atoms with E-state index >= 15 is 0 Å². The number of nitrogens with zero attached hydrogens (tertiary/aromatic N) is 3. The van der Waals surface area contributed by atoms with E-state index in [1.807, 2.05) is 13.8 Å². The van der Waals surface area contributed by atoms with Crippen molar-refractivity contribution < 1.29 is 28.6 Å². The predicted molar refractivity (Wildman–Crippen MR) is 158 cm³/mol. The summed E-state index contributed by atoms with van der Waals surface area (Å²) in [4.78, 5) is 43.0. The fraction of sp³-hybridized carbons (Fsp3) is 0.333. The minimum Gasteiger partial charge on any atom is -0.496 e. The molecule has 2 aromatic rings. The number of carbonyl (C=O) groups is 3.